The lowest BCUT2D eigenvalue weighted by atomic mass is 10.1. The Hall–Kier alpha value is -2.97. The molecule has 7 nitrogen and oxygen atoms in total. The van der Waals surface area contributed by atoms with Gasteiger partial charge in [0.1, 0.15) is 12.4 Å². The molecular weight excluding hydrogens is 378 g/mol. The first-order valence-corrected chi connectivity index (χ1v) is 9.24. The minimum absolute atomic E-state index is 0.0334. The maximum absolute atomic E-state index is 12.5. The molecule has 0 heterocycles. The van der Waals surface area contributed by atoms with Crippen molar-refractivity contribution in [2.24, 2.45) is 0 Å². The molecule has 2 aromatic rings. The fourth-order valence-electron chi connectivity index (χ4n) is 2.26. The molecule has 0 saturated heterocycles. The summed E-state index contributed by atoms with van der Waals surface area (Å²) in [7, 11) is 0. The summed E-state index contributed by atoms with van der Waals surface area (Å²) in [6.45, 7) is 2.54. The molecule has 0 saturated carbocycles. The Morgan fingerprint density at radius 1 is 1.00 bits per heavy atom. The summed E-state index contributed by atoms with van der Waals surface area (Å²) in [5.41, 5.74) is 6.29. The molecule has 0 radical (unpaired) electrons. The van der Waals surface area contributed by atoms with E-state index in [1.165, 1.54) is 0 Å². The summed E-state index contributed by atoms with van der Waals surface area (Å²) in [4.78, 5) is 23.9. The summed E-state index contributed by atoms with van der Waals surface area (Å²) in [6.07, 6.45) is 0.725. The summed E-state index contributed by atoms with van der Waals surface area (Å²) in [5.74, 6) is -0.380. The lowest BCUT2D eigenvalue weighted by Crippen LogP contribution is -2.49. The van der Waals surface area contributed by atoms with Crippen LogP contribution < -0.4 is 20.9 Å². The fourth-order valence-corrected chi connectivity index (χ4v) is 2.41. The van der Waals surface area contributed by atoms with E-state index in [0.717, 1.165) is 12.0 Å². The van der Waals surface area contributed by atoms with E-state index in [4.69, 9.17) is 21.7 Å². The molecule has 0 aromatic heterocycles. The van der Waals surface area contributed by atoms with E-state index in [1.807, 2.05) is 30.3 Å². The van der Waals surface area contributed by atoms with Crippen molar-refractivity contribution in [3.63, 3.8) is 0 Å². The Morgan fingerprint density at radius 2 is 1.71 bits per heavy atom. The van der Waals surface area contributed by atoms with Crippen LogP contribution in [0.5, 0.6) is 5.75 Å². The molecule has 0 fully saturated rings. The minimum atomic E-state index is -0.438. The monoisotopic (exact) mass is 401 g/mol. The third kappa shape index (κ3) is 7.34. The molecule has 8 heteroatoms. The van der Waals surface area contributed by atoms with E-state index < -0.39 is 11.8 Å². The van der Waals surface area contributed by atoms with E-state index >= 15 is 0 Å². The van der Waals surface area contributed by atoms with Crippen LogP contribution in [0.15, 0.2) is 54.6 Å². The van der Waals surface area contributed by atoms with Crippen molar-refractivity contribution in [2.45, 2.75) is 13.3 Å². The third-order valence-corrected chi connectivity index (χ3v) is 3.81. The van der Waals surface area contributed by atoms with Gasteiger partial charge in [-0.25, -0.2) is 0 Å². The largest absolute Gasteiger partial charge is 0.492 e. The Bertz CT molecular complexity index is 799. The molecule has 0 atom stereocenters. The maximum atomic E-state index is 12.5. The van der Waals surface area contributed by atoms with Crippen LogP contribution in [0.4, 0.5) is 0 Å². The number of hydrazine groups is 1. The van der Waals surface area contributed by atoms with Gasteiger partial charge in [0.25, 0.3) is 11.8 Å². The van der Waals surface area contributed by atoms with Gasteiger partial charge in [-0.2, -0.15) is 0 Å². The second-order valence-electron chi connectivity index (χ2n) is 5.67. The predicted octanol–water partition coefficient (Wildman–Crippen LogP) is 1.98. The van der Waals surface area contributed by atoms with Crippen molar-refractivity contribution in [3.05, 3.63) is 65.7 Å². The second-order valence-corrected chi connectivity index (χ2v) is 6.08. The Morgan fingerprint density at radius 3 is 2.46 bits per heavy atom. The van der Waals surface area contributed by atoms with E-state index in [0.29, 0.717) is 24.5 Å². The van der Waals surface area contributed by atoms with Gasteiger partial charge in [0, 0.05) is 13.0 Å². The second kappa shape index (κ2) is 11.7. The zero-order valence-electron chi connectivity index (χ0n) is 15.6. The molecule has 3 N–H and O–H groups in total. The molecule has 0 aliphatic rings. The van der Waals surface area contributed by atoms with Crippen molar-refractivity contribution < 1.29 is 19.1 Å². The van der Waals surface area contributed by atoms with Gasteiger partial charge >= 0.3 is 0 Å². The van der Waals surface area contributed by atoms with Crippen LogP contribution >= 0.6 is 12.2 Å². The number of thiocarbonyl (C=S) groups is 1. The third-order valence-electron chi connectivity index (χ3n) is 3.60. The van der Waals surface area contributed by atoms with Crippen LogP contribution in [0.3, 0.4) is 0 Å². The van der Waals surface area contributed by atoms with E-state index in [2.05, 4.69) is 16.2 Å². The lowest BCUT2D eigenvalue weighted by Gasteiger charge is -2.13. The minimum Gasteiger partial charge on any atom is -0.492 e. The zero-order chi connectivity index (χ0) is 20.2. The quantitative estimate of drug-likeness (QED) is 0.463. The maximum Gasteiger partial charge on any atom is 0.264 e. The van der Waals surface area contributed by atoms with Gasteiger partial charge in [-0.3, -0.25) is 25.8 Å². The Labute approximate surface area is 169 Å². The van der Waals surface area contributed by atoms with E-state index in [-0.39, 0.29) is 11.7 Å². The number of hydrogen-bond donors (Lipinski definition) is 3. The zero-order valence-corrected chi connectivity index (χ0v) is 16.4. The van der Waals surface area contributed by atoms with Crippen molar-refractivity contribution in [1.82, 2.24) is 16.2 Å². The number of ether oxygens (including phenoxy) is 2. The number of carbonyl (C=O) groups is 2. The van der Waals surface area contributed by atoms with Crippen molar-refractivity contribution in [1.29, 1.82) is 0 Å². The number of hydrogen-bond acceptors (Lipinski definition) is 5. The Balaban J connectivity index is 1.85. The van der Waals surface area contributed by atoms with Crippen LogP contribution in [0, 0.1) is 0 Å². The molecule has 0 aliphatic carbocycles. The normalized spacial score (nSPS) is 10.0. The van der Waals surface area contributed by atoms with Crippen molar-refractivity contribution >= 4 is 29.1 Å². The number of rotatable bonds is 8. The summed E-state index contributed by atoms with van der Waals surface area (Å²) in [5, 5.41) is 2.47. The molecule has 0 spiro atoms. The number of para-hydroxylation sites is 1. The molecule has 2 aromatic carbocycles. The standard InChI is InChI=1S/C20H23N3O4S/c1-2-26-14-18(24)22-23-20(28)21-19(25)16-10-6-7-11-17(16)27-13-12-15-8-4-3-5-9-15/h3-11H,2,12-14H2,1H3,(H,22,24)(H2,21,23,25,28). The number of carbonyl (C=O) groups excluding carboxylic acids is 2. The van der Waals surface area contributed by atoms with Gasteiger partial charge in [-0.15, -0.1) is 0 Å². The molecule has 0 aliphatic heterocycles. The molecule has 28 heavy (non-hydrogen) atoms. The lowest BCUT2D eigenvalue weighted by molar-refractivity contribution is -0.126. The topological polar surface area (TPSA) is 88.7 Å². The van der Waals surface area contributed by atoms with Crippen LogP contribution in [0.25, 0.3) is 0 Å². The average Bonchev–Trinajstić information content (AvgIpc) is 2.71. The molecule has 2 rings (SSSR count). The number of nitrogens with one attached hydrogen (secondary N) is 3. The highest BCUT2D eigenvalue weighted by Crippen LogP contribution is 2.18. The Kier molecular flexibility index (Phi) is 8.90. The molecule has 0 bridgehead atoms. The smallest absolute Gasteiger partial charge is 0.264 e. The first-order chi connectivity index (χ1) is 13.6. The van der Waals surface area contributed by atoms with Gasteiger partial charge in [-0.1, -0.05) is 42.5 Å². The summed E-state index contributed by atoms with van der Waals surface area (Å²) < 4.78 is 10.7. The summed E-state index contributed by atoms with van der Waals surface area (Å²) >= 11 is 5.02. The summed E-state index contributed by atoms with van der Waals surface area (Å²) in [6, 6.07) is 16.8. The fraction of sp³-hybridized carbons (Fsp3) is 0.250. The highest BCUT2D eigenvalue weighted by atomic mass is 32.1. The van der Waals surface area contributed by atoms with Crippen LogP contribution in [-0.4, -0.2) is 36.7 Å². The predicted molar refractivity (Wildman–Crippen MR) is 110 cm³/mol. The van der Waals surface area contributed by atoms with Crippen LogP contribution in [0.1, 0.15) is 22.8 Å². The SMILES string of the molecule is CCOCC(=O)NNC(=S)NC(=O)c1ccccc1OCCc1ccccc1. The molecule has 0 unspecified atom stereocenters. The molecule has 2 amide bonds. The van der Waals surface area contributed by atoms with Gasteiger partial charge < -0.3 is 9.47 Å². The molecule has 148 valence electrons. The first-order valence-electron chi connectivity index (χ1n) is 8.83. The number of benzene rings is 2. The van der Waals surface area contributed by atoms with Gasteiger partial charge in [-0.05, 0) is 36.8 Å². The average molecular weight is 401 g/mol. The van der Waals surface area contributed by atoms with Gasteiger partial charge in [0.05, 0.1) is 12.2 Å². The van der Waals surface area contributed by atoms with Crippen LogP contribution in [-0.2, 0) is 16.0 Å². The number of amides is 2. The van der Waals surface area contributed by atoms with E-state index in [9.17, 15) is 9.59 Å². The van der Waals surface area contributed by atoms with Crippen molar-refractivity contribution in [3.8, 4) is 5.75 Å². The van der Waals surface area contributed by atoms with E-state index in [1.54, 1.807) is 31.2 Å². The van der Waals surface area contributed by atoms with Gasteiger partial charge in [0.15, 0.2) is 5.11 Å². The molecular formula is C20H23N3O4S. The first kappa shape index (κ1) is 21.3. The highest BCUT2D eigenvalue weighted by molar-refractivity contribution is 7.80. The highest BCUT2D eigenvalue weighted by Gasteiger charge is 2.14. The van der Waals surface area contributed by atoms with Crippen molar-refractivity contribution in [2.75, 3.05) is 19.8 Å². The van der Waals surface area contributed by atoms with Gasteiger partial charge in [0.2, 0.25) is 0 Å². The van der Waals surface area contributed by atoms with Crippen LogP contribution in [0.2, 0.25) is 0 Å².